The third-order valence-corrected chi connectivity index (χ3v) is 4.36. The van der Waals surface area contributed by atoms with Crippen LogP contribution in [0.1, 0.15) is 30.1 Å². The zero-order valence-corrected chi connectivity index (χ0v) is 14.0. The van der Waals surface area contributed by atoms with E-state index in [0.29, 0.717) is 17.6 Å². The van der Waals surface area contributed by atoms with E-state index in [0.717, 1.165) is 31.7 Å². The van der Waals surface area contributed by atoms with Gasteiger partial charge in [-0.05, 0) is 49.4 Å². The Morgan fingerprint density at radius 2 is 2.08 bits per heavy atom. The van der Waals surface area contributed by atoms with Crippen LogP contribution in [0.5, 0.6) is 5.75 Å². The molecule has 0 bridgehead atoms. The summed E-state index contributed by atoms with van der Waals surface area (Å²) in [7, 11) is 1.68. The first-order chi connectivity index (χ1) is 11.7. The molecule has 0 aliphatic carbocycles. The third-order valence-electron chi connectivity index (χ3n) is 4.36. The van der Waals surface area contributed by atoms with Crippen molar-refractivity contribution < 1.29 is 9.53 Å². The summed E-state index contributed by atoms with van der Waals surface area (Å²) < 4.78 is 5.29. The number of methoxy groups -OCH3 is 1. The number of carbonyl (C=O) groups excluding carboxylic acids is 1. The molecule has 6 nitrogen and oxygen atoms in total. The molecule has 126 valence electrons. The molecule has 6 heteroatoms. The van der Waals surface area contributed by atoms with Gasteiger partial charge in [-0.3, -0.25) is 5.32 Å². The number of amides is 2. The molecule has 24 heavy (non-hydrogen) atoms. The predicted octanol–water partition coefficient (Wildman–Crippen LogP) is 3.21. The van der Waals surface area contributed by atoms with Crippen LogP contribution in [0.15, 0.2) is 36.5 Å². The lowest BCUT2D eigenvalue weighted by Crippen LogP contribution is -2.40. The highest BCUT2D eigenvalue weighted by Gasteiger charge is 2.24. The Hall–Kier alpha value is -2.63. The Bertz CT molecular complexity index is 712. The molecule has 1 fully saturated rings. The molecule has 1 aromatic carbocycles. The number of piperidine rings is 1. The molecule has 0 unspecified atom stereocenters. The topological polar surface area (TPSA) is 67.3 Å². The van der Waals surface area contributed by atoms with Gasteiger partial charge in [-0.15, -0.1) is 0 Å². The van der Waals surface area contributed by atoms with Gasteiger partial charge in [0.1, 0.15) is 17.4 Å². The van der Waals surface area contributed by atoms with Crippen molar-refractivity contribution in [2.24, 2.45) is 0 Å². The van der Waals surface area contributed by atoms with Crippen molar-refractivity contribution >= 4 is 11.8 Å². The Morgan fingerprint density at radius 1 is 1.29 bits per heavy atom. The lowest BCUT2D eigenvalue weighted by molar-refractivity contribution is 0.194. The molecular weight excluding hydrogens is 304 g/mol. The molecule has 0 saturated carbocycles. The largest absolute Gasteiger partial charge is 0.497 e. The van der Waals surface area contributed by atoms with Crippen LogP contribution in [0.3, 0.4) is 0 Å². The number of likely N-dealkylation sites (tertiary alicyclic amines) is 1. The molecule has 2 amide bonds. The number of aryl methyl sites for hydroxylation is 1. The molecule has 1 aromatic heterocycles. The molecule has 2 heterocycles. The van der Waals surface area contributed by atoms with Crippen LogP contribution < -0.4 is 10.1 Å². The van der Waals surface area contributed by atoms with Crippen LogP contribution in [-0.2, 0) is 0 Å². The molecule has 3 rings (SSSR count). The zero-order valence-electron chi connectivity index (χ0n) is 14.0. The first kappa shape index (κ1) is 16.2. The molecular formula is C18H22N4O2. The van der Waals surface area contributed by atoms with Crippen molar-refractivity contribution in [3.63, 3.8) is 0 Å². The van der Waals surface area contributed by atoms with Crippen molar-refractivity contribution in [2.45, 2.75) is 25.7 Å². The van der Waals surface area contributed by atoms with Crippen molar-refractivity contribution in [3.05, 3.63) is 47.9 Å². The van der Waals surface area contributed by atoms with Gasteiger partial charge in [-0.1, -0.05) is 12.1 Å². The van der Waals surface area contributed by atoms with E-state index in [-0.39, 0.29) is 6.03 Å². The van der Waals surface area contributed by atoms with Gasteiger partial charge in [0, 0.05) is 19.3 Å². The highest BCUT2D eigenvalue weighted by atomic mass is 16.5. The van der Waals surface area contributed by atoms with E-state index in [4.69, 9.17) is 4.74 Å². The smallest absolute Gasteiger partial charge is 0.323 e. The van der Waals surface area contributed by atoms with Gasteiger partial charge in [0.05, 0.1) is 7.11 Å². The standard InChI is InChI=1S/C18H22N4O2/c1-13-19-9-6-17(20-13)21-18(23)22-10-7-14(8-11-22)15-4-3-5-16(12-15)24-2/h3-6,9,12,14H,7-8,10-11H2,1-2H3,(H,19,20,21,23). The van der Waals surface area contributed by atoms with Crippen LogP contribution in [0.4, 0.5) is 10.6 Å². The maximum absolute atomic E-state index is 12.4. The predicted molar refractivity (Wildman–Crippen MR) is 92.3 cm³/mol. The number of nitrogens with zero attached hydrogens (tertiary/aromatic N) is 3. The lowest BCUT2D eigenvalue weighted by Gasteiger charge is -2.32. The number of nitrogens with one attached hydrogen (secondary N) is 1. The van der Waals surface area contributed by atoms with E-state index >= 15 is 0 Å². The Kier molecular flexibility index (Phi) is 4.93. The Balaban J connectivity index is 1.57. The van der Waals surface area contributed by atoms with Crippen molar-refractivity contribution in [2.75, 3.05) is 25.5 Å². The number of rotatable bonds is 3. The van der Waals surface area contributed by atoms with Crippen molar-refractivity contribution in [3.8, 4) is 5.75 Å². The van der Waals surface area contributed by atoms with Crippen LogP contribution in [0.2, 0.25) is 0 Å². The minimum Gasteiger partial charge on any atom is -0.497 e. The summed E-state index contributed by atoms with van der Waals surface area (Å²) in [5.41, 5.74) is 1.28. The highest BCUT2D eigenvalue weighted by molar-refractivity contribution is 5.88. The molecule has 1 aliphatic heterocycles. The second kappa shape index (κ2) is 7.29. The highest BCUT2D eigenvalue weighted by Crippen LogP contribution is 2.30. The average molecular weight is 326 g/mol. The molecule has 1 saturated heterocycles. The quantitative estimate of drug-likeness (QED) is 0.940. The maximum Gasteiger partial charge on any atom is 0.323 e. The lowest BCUT2D eigenvalue weighted by atomic mass is 9.89. The number of benzene rings is 1. The van der Waals surface area contributed by atoms with Gasteiger partial charge in [0.2, 0.25) is 0 Å². The fourth-order valence-electron chi connectivity index (χ4n) is 3.03. The summed E-state index contributed by atoms with van der Waals surface area (Å²) in [6, 6.07) is 9.79. The number of hydrogen-bond acceptors (Lipinski definition) is 4. The van der Waals surface area contributed by atoms with Crippen LogP contribution in [0.25, 0.3) is 0 Å². The number of carbonyl (C=O) groups is 1. The van der Waals surface area contributed by atoms with E-state index in [1.54, 1.807) is 26.3 Å². The van der Waals surface area contributed by atoms with Gasteiger partial charge in [0.15, 0.2) is 0 Å². The fraction of sp³-hybridized carbons (Fsp3) is 0.389. The van der Waals surface area contributed by atoms with E-state index in [1.165, 1.54) is 5.56 Å². The van der Waals surface area contributed by atoms with Gasteiger partial charge in [-0.2, -0.15) is 0 Å². The normalized spacial score (nSPS) is 15.2. The SMILES string of the molecule is COc1cccc(C2CCN(C(=O)Nc3ccnc(C)n3)CC2)c1. The van der Waals surface area contributed by atoms with Gasteiger partial charge < -0.3 is 9.64 Å². The second-order valence-corrected chi connectivity index (χ2v) is 5.96. The first-order valence-corrected chi connectivity index (χ1v) is 8.15. The second-order valence-electron chi connectivity index (χ2n) is 5.96. The maximum atomic E-state index is 12.4. The van der Waals surface area contributed by atoms with Crippen LogP contribution in [-0.4, -0.2) is 41.1 Å². The number of anilines is 1. The monoisotopic (exact) mass is 326 g/mol. The van der Waals surface area contributed by atoms with E-state index in [9.17, 15) is 4.79 Å². The summed E-state index contributed by atoms with van der Waals surface area (Å²) in [5.74, 6) is 2.53. The number of hydrogen-bond donors (Lipinski definition) is 1. The molecule has 0 atom stereocenters. The van der Waals surface area contributed by atoms with Gasteiger partial charge in [-0.25, -0.2) is 14.8 Å². The van der Waals surface area contributed by atoms with Gasteiger partial charge >= 0.3 is 6.03 Å². The molecule has 0 radical (unpaired) electrons. The summed E-state index contributed by atoms with van der Waals surface area (Å²) in [6.07, 6.45) is 3.54. The number of aromatic nitrogens is 2. The fourth-order valence-corrected chi connectivity index (χ4v) is 3.03. The first-order valence-electron chi connectivity index (χ1n) is 8.15. The third kappa shape index (κ3) is 3.82. The van der Waals surface area contributed by atoms with Gasteiger partial charge in [0.25, 0.3) is 0 Å². The van der Waals surface area contributed by atoms with Crippen molar-refractivity contribution in [1.82, 2.24) is 14.9 Å². The summed E-state index contributed by atoms with van der Waals surface area (Å²) >= 11 is 0. The summed E-state index contributed by atoms with van der Waals surface area (Å²) in [4.78, 5) is 22.4. The number of urea groups is 1. The number of ether oxygens (including phenoxy) is 1. The Labute approximate surface area is 141 Å². The average Bonchev–Trinajstić information content (AvgIpc) is 2.62. The summed E-state index contributed by atoms with van der Waals surface area (Å²) in [5, 5.41) is 2.84. The molecule has 0 spiro atoms. The zero-order chi connectivity index (χ0) is 16.9. The van der Waals surface area contributed by atoms with Crippen molar-refractivity contribution in [1.29, 1.82) is 0 Å². The van der Waals surface area contributed by atoms with E-state index in [1.807, 2.05) is 17.0 Å². The molecule has 1 N–H and O–H groups in total. The summed E-state index contributed by atoms with van der Waals surface area (Å²) in [6.45, 7) is 3.27. The molecule has 2 aromatic rings. The minimum absolute atomic E-state index is 0.0998. The van der Waals surface area contributed by atoms with E-state index in [2.05, 4.69) is 27.4 Å². The van der Waals surface area contributed by atoms with Crippen LogP contribution >= 0.6 is 0 Å². The molecule has 1 aliphatic rings. The van der Waals surface area contributed by atoms with Crippen LogP contribution in [0, 0.1) is 6.92 Å². The Morgan fingerprint density at radius 3 is 2.79 bits per heavy atom. The minimum atomic E-state index is -0.0998. The van der Waals surface area contributed by atoms with E-state index < -0.39 is 0 Å².